The zero-order valence-electron chi connectivity index (χ0n) is 14.4. The van der Waals surface area contributed by atoms with Gasteiger partial charge in [0.1, 0.15) is 0 Å². The van der Waals surface area contributed by atoms with E-state index in [1.54, 1.807) is 4.68 Å². The minimum atomic E-state index is -0.659. The van der Waals surface area contributed by atoms with Crippen LogP contribution in [0.15, 0.2) is 17.4 Å². The molecule has 6 nitrogen and oxygen atoms in total. The smallest absolute Gasteiger partial charge is 0.191 e. The van der Waals surface area contributed by atoms with Crippen molar-refractivity contribution in [3.05, 3.63) is 18.0 Å². The lowest BCUT2D eigenvalue weighted by molar-refractivity contribution is 0.0257. The van der Waals surface area contributed by atoms with E-state index < -0.39 is 5.60 Å². The molecule has 0 saturated carbocycles. The van der Waals surface area contributed by atoms with Crippen molar-refractivity contribution in [3.63, 3.8) is 0 Å². The fourth-order valence-corrected chi connectivity index (χ4v) is 2.55. The van der Waals surface area contributed by atoms with E-state index in [2.05, 4.69) is 34.6 Å². The van der Waals surface area contributed by atoms with Gasteiger partial charge in [0.15, 0.2) is 5.96 Å². The second kappa shape index (κ2) is 9.46. The number of nitrogens with one attached hydrogen (secondary N) is 2. The molecule has 0 unspecified atom stereocenters. The van der Waals surface area contributed by atoms with Crippen molar-refractivity contribution in [2.45, 2.75) is 58.6 Å². The molecular formula is C16H31N5O. The summed E-state index contributed by atoms with van der Waals surface area (Å²) >= 11 is 0. The Hall–Kier alpha value is -1.56. The maximum Gasteiger partial charge on any atom is 0.191 e. The van der Waals surface area contributed by atoms with Crippen molar-refractivity contribution >= 4 is 5.96 Å². The Labute approximate surface area is 134 Å². The molecule has 0 bridgehead atoms. The quantitative estimate of drug-likeness (QED) is 0.480. The Morgan fingerprint density at radius 3 is 2.45 bits per heavy atom. The SMILES string of the molecule is CCCC(O)(CCC)CNC(=NCc1cnn(C)c1)NCC. The highest BCUT2D eigenvalue weighted by molar-refractivity contribution is 5.79. The number of nitrogens with zero attached hydrogens (tertiary/aromatic N) is 3. The first-order valence-electron chi connectivity index (χ1n) is 8.25. The lowest BCUT2D eigenvalue weighted by atomic mass is 9.93. The van der Waals surface area contributed by atoms with Crippen LogP contribution in [-0.4, -0.2) is 39.5 Å². The Kier molecular flexibility index (Phi) is 7.95. The molecule has 3 N–H and O–H groups in total. The molecule has 0 amide bonds. The first-order chi connectivity index (χ1) is 10.5. The lowest BCUT2D eigenvalue weighted by Crippen LogP contribution is -2.47. The Morgan fingerprint density at radius 2 is 1.95 bits per heavy atom. The first-order valence-corrected chi connectivity index (χ1v) is 8.25. The standard InChI is InChI=1S/C16H31N5O/c1-5-8-16(22,9-6-2)13-19-15(17-7-3)18-10-14-11-20-21(4)12-14/h11-12,22H,5-10,13H2,1-4H3,(H2,17,18,19). The van der Waals surface area contributed by atoms with E-state index >= 15 is 0 Å². The Bertz CT molecular complexity index is 449. The molecule has 0 saturated heterocycles. The van der Waals surface area contributed by atoms with Crippen LogP contribution in [0.4, 0.5) is 0 Å². The third kappa shape index (κ3) is 6.47. The van der Waals surface area contributed by atoms with E-state index in [9.17, 15) is 5.11 Å². The molecule has 0 radical (unpaired) electrons. The lowest BCUT2D eigenvalue weighted by Gasteiger charge is -2.28. The van der Waals surface area contributed by atoms with E-state index in [1.807, 2.05) is 26.4 Å². The molecule has 0 aliphatic rings. The van der Waals surface area contributed by atoms with Crippen LogP contribution in [0.2, 0.25) is 0 Å². The first kappa shape index (κ1) is 18.5. The number of hydrogen-bond acceptors (Lipinski definition) is 3. The van der Waals surface area contributed by atoms with Crippen molar-refractivity contribution in [3.8, 4) is 0 Å². The summed E-state index contributed by atoms with van der Waals surface area (Å²) in [6.45, 7) is 8.12. The van der Waals surface area contributed by atoms with Gasteiger partial charge in [-0.15, -0.1) is 0 Å². The molecule has 1 aromatic heterocycles. The number of aliphatic hydroxyl groups is 1. The molecule has 0 fully saturated rings. The highest BCUT2D eigenvalue weighted by atomic mass is 16.3. The van der Waals surface area contributed by atoms with E-state index in [1.165, 1.54) is 0 Å². The molecule has 126 valence electrons. The van der Waals surface area contributed by atoms with Crippen LogP contribution in [0.3, 0.4) is 0 Å². The number of hydrogen-bond donors (Lipinski definition) is 3. The highest BCUT2D eigenvalue weighted by Crippen LogP contribution is 2.18. The number of aromatic nitrogens is 2. The minimum absolute atomic E-state index is 0.521. The van der Waals surface area contributed by atoms with Crippen LogP contribution in [0.5, 0.6) is 0 Å². The summed E-state index contributed by atoms with van der Waals surface area (Å²) in [5.41, 5.74) is 0.408. The average Bonchev–Trinajstić information content (AvgIpc) is 2.88. The van der Waals surface area contributed by atoms with Gasteiger partial charge in [0, 0.05) is 31.9 Å². The number of guanidine groups is 1. The molecule has 0 atom stereocenters. The fourth-order valence-electron chi connectivity index (χ4n) is 2.55. The van der Waals surface area contributed by atoms with Gasteiger partial charge in [0.2, 0.25) is 0 Å². The van der Waals surface area contributed by atoms with Crippen LogP contribution < -0.4 is 10.6 Å². The summed E-state index contributed by atoms with van der Waals surface area (Å²) in [5.74, 6) is 0.733. The summed E-state index contributed by atoms with van der Waals surface area (Å²) in [6.07, 6.45) is 7.32. The van der Waals surface area contributed by atoms with Crippen LogP contribution in [0.1, 0.15) is 52.0 Å². The molecule has 1 aromatic rings. The van der Waals surface area contributed by atoms with Crippen molar-refractivity contribution in [2.75, 3.05) is 13.1 Å². The molecule has 0 spiro atoms. The molecule has 0 aliphatic heterocycles. The normalized spacial score (nSPS) is 12.5. The highest BCUT2D eigenvalue weighted by Gasteiger charge is 2.24. The molecular weight excluding hydrogens is 278 g/mol. The predicted octanol–water partition coefficient (Wildman–Crippen LogP) is 1.81. The zero-order valence-corrected chi connectivity index (χ0v) is 14.4. The summed E-state index contributed by atoms with van der Waals surface area (Å²) in [7, 11) is 1.90. The fraction of sp³-hybridized carbons (Fsp3) is 0.750. The van der Waals surface area contributed by atoms with Gasteiger partial charge in [-0.3, -0.25) is 4.68 Å². The second-order valence-corrected chi connectivity index (χ2v) is 5.80. The van der Waals surface area contributed by atoms with Crippen molar-refractivity contribution < 1.29 is 5.11 Å². The summed E-state index contributed by atoms with van der Waals surface area (Å²) < 4.78 is 1.77. The van der Waals surface area contributed by atoms with Gasteiger partial charge in [0.25, 0.3) is 0 Å². The van der Waals surface area contributed by atoms with Gasteiger partial charge >= 0.3 is 0 Å². The monoisotopic (exact) mass is 309 g/mol. The van der Waals surface area contributed by atoms with E-state index in [0.717, 1.165) is 43.8 Å². The van der Waals surface area contributed by atoms with E-state index in [0.29, 0.717) is 13.1 Å². The summed E-state index contributed by atoms with van der Waals surface area (Å²) in [5, 5.41) is 21.3. The van der Waals surface area contributed by atoms with Gasteiger partial charge in [0.05, 0.1) is 18.3 Å². The van der Waals surface area contributed by atoms with Gasteiger partial charge < -0.3 is 15.7 Å². The average molecular weight is 309 g/mol. The van der Waals surface area contributed by atoms with Gasteiger partial charge in [-0.05, 0) is 19.8 Å². The van der Waals surface area contributed by atoms with Crippen LogP contribution in [-0.2, 0) is 13.6 Å². The minimum Gasteiger partial charge on any atom is -0.388 e. The molecule has 0 aliphatic carbocycles. The van der Waals surface area contributed by atoms with E-state index in [-0.39, 0.29) is 0 Å². The van der Waals surface area contributed by atoms with Crippen LogP contribution in [0, 0.1) is 0 Å². The molecule has 0 aromatic carbocycles. The van der Waals surface area contributed by atoms with Gasteiger partial charge in [-0.25, -0.2) is 4.99 Å². The summed E-state index contributed by atoms with van der Waals surface area (Å²) in [6, 6.07) is 0. The van der Waals surface area contributed by atoms with Crippen molar-refractivity contribution in [1.29, 1.82) is 0 Å². The van der Waals surface area contributed by atoms with E-state index in [4.69, 9.17) is 0 Å². The molecule has 1 rings (SSSR count). The zero-order chi connectivity index (χ0) is 16.4. The van der Waals surface area contributed by atoms with Gasteiger partial charge in [-0.1, -0.05) is 26.7 Å². The van der Waals surface area contributed by atoms with Crippen molar-refractivity contribution in [2.24, 2.45) is 12.0 Å². The maximum absolute atomic E-state index is 10.7. The number of aryl methyl sites for hydroxylation is 1. The molecule has 1 heterocycles. The summed E-state index contributed by atoms with van der Waals surface area (Å²) in [4.78, 5) is 4.55. The topological polar surface area (TPSA) is 74.5 Å². The van der Waals surface area contributed by atoms with Crippen LogP contribution in [0.25, 0.3) is 0 Å². The van der Waals surface area contributed by atoms with Crippen molar-refractivity contribution in [1.82, 2.24) is 20.4 Å². The predicted molar refractivity (Wildman–Crippen MR) is 90.8 cm³/mol. The Morgan fingerprint density at radius 1 is 1.27 bits per heavy atom. The van der Waals surface area contributed by atoms with Crippen LogP contribution >= 0.6 is 0 Å². The third-order valence-electron chi connectivity index (χ3n) is 3.54. The van der Waals surface area contributed by atoms with Gasteiger partial charge in [-0.2, -0.15) is 5.10 Å². The number of rotatable bonds is 9. The number of aliphatic imine (C=N–C) groups is 1. The molecule has 6 heteroatoms. The maximum atomic E-state index is 10.7. The largest absolute Gasteiger partial charge is 0.388 e. The second-order valence-electron chi connectivity index (χ2n) is 5.80. The Balaban J connectivity index is 2.62. The molecule has 22 heavy (non-hydrogen) atoms. The third-order valence-corrected chi connectivity index (χ3v) is 3.54.